The first kappa shape index (κ1) is 28.1. The molecule has 1 aromatic heterocycles. The van der Waals surface area contributed by atoms with Gasteiger partial charge in [0.25, 0.3) is 0 Å². The molecule has 222 valence electrons. The predicted molar refractivity (Wildman–Crippen MR) is 176 cm³/mol. The maximum Gasteiger partial charge on any atom is 0.219 e. The second-order valence-electron chi connectivity index (χ2n) is 13.8. The smallest absolute Gasteiger partial charge is 0.219 e. The fraction of sp³-hybridized carbons (Fsp3) is 0.282. The molecule has 5 nitrogen and oxygen atoms in total. The van der Waals surface area contributed by atoms with Crippen LogP contribution in [0.2, 0.25) is 0 Å². The quantitative estimate of drug-likeness (QED) is 0.224. The van der Waals surface area contributed by atoms with Crippen LogP contribution in [0.3, 0.4) is 0 Å². The van der Waals surface area contributed by atoms with Gasteiger partial charge in [0.2, 0.25) is 11.8 Å². The van der Waals surface area contributed by atoms with Crippen LogP contribution in [-0.2, 0) is 16.6 Å². The number of nitrogens with zero attached hydrogens (tertiary/aromatic N) is 2. The van der Waals surface area contributed by atoms with E-state index in [4.69, 9.17) is 14.5 Å². The van der Waals surface area contributed by atoms with Crippen molar-refractivity contribution in [2.24, 2.45) is 10.4 Å². The Kier molecular flexibility index (Phi) is 6.36. The Hall–Kier alpha value is -4.64. The summed E-state index contributed by atoms with van der Waals surface area (Å²) in [6.45, 7) is 13.1. The van der Waals surface area contributed by atoms with Crippen LogP contribution in [0.15, 0.2) is 102 Å². The Bertz CT molecular complexity index is 1940. The third-order valence-electron chi connectivity index (χ3n) is 9.52. The van der Waals surface area contributed by atoms with E-state index in [0.29, 0.717) is 23.0 Å². The number of phenols is 1. The Morgan fingerprint density at radius 3 is 2.36 bits per heavy atom. The highest BCUT2D eigenvalue weighted by Crippen LogP contribution is 2.56. The van der Waals surface area contributed by atoms with E-state index in [1.165, 1.54) is 16.7 Å². The van der Waals surface area contributed by atoms with Crippen LogP contribution >= 0.6 is 0 Å². The summed E-state index contributed by atoms with van der Waals surface area (Å²) in [5.74, 6) is 1.81. The Labute approximate surface area is 259 Å². The van der Waals surface area contributed by atoms with Gasteiger partial charge in [-0.05, 0) is 71.1 Å². The largest absolute Gasteiger partial charge is 0.506 e. The molecular formula is C39H38N2O3. The number of fused-ring (bicyclic) bond motifs is 4. The molecule has 2 heterocycles. The van der Waals surface area contributed by atoms with Crippen LogP contribution in [0.25, 0.3) is 10.9 Å². The van der Waals surface area contributed by atoms with Gasteiger partial charge in [0.1, 0.15) is 28.7 Å². The molecule has 5 aromatic rings. The number of benzene rings is 4. The van der Waals surface area contributed by atoms with Crippen molar-refractivity contribution < 1.29 is 14.6 Å². The minimum atomic E-state index is -0.479. The van der Waals surface area contributed by atoms with Gasteiger partial charge in [-0.3, -0.25) is 0 Å². The first-order valence-electron chi connectivity index (χ1n) is 15.3. The number of aromatic nitrogens is 1. The van der Waals surface area contributed by atoms with E-state index < -0.39 is 5.60 Å². The lowest BCUT2D eigenvalue weighted by molar-refractivity contribution is -0.0355. The number of aryl methyl sites for hydroxylation is 1. The van der Waals surface area contributed by atoms with Crippen LogP contribution in [0.1, 0.15) is 74.0 Å². The fourth-order valence-corrected chi connectivity index (χ4v) is 6.82. The molecule has 0 unspecified atom stereocenters. The van der Waals surface area contributed by atoms with Gasteiger partial charge in [0.15, 0.2) is 0 Å². The highest BCUT2D eigenvalue weighted by molar-refractivity contribution is 5.97. The summed E-state index contributed by atoms with van der Waals surface area (Å²) < 4.78 is 13.5. The van der Waals surface area contributed by atoms with Gasteiger partial charge in [0, 0.05) is 34.3 Å². The zero-order chi connectivity index (χ0) is 30.9. The van der Waals surface area contributed by atoms with Crippen molar-refractivity contribution in [3.63, 3.8) is 0 Å². The van der Waals surface area contributed by atoms with Crippen molar-refractivity contribution in [2.45, 2.75) is 65.0 Å². The number of phenolic OH excluding ortho intramolecular Hbond substituents is 1. The Morgan fingerprint density at radius 2 is 1.59 bits per heavy atom. The summed E-state index contributed by atoms with van der Waals surface area (Å²) in [4.78, 5) is 9.96. The monoisotopic (exact) mass is 582 g/mol. The van der Waals surface area contributed by atoms with E-state index in [-0.39, 0.29) is 22.6 Å². The van der Waals surface area contributed by atoms with Gasteiger partial charge < -0.3 is 14.6 Å². The summed E-state index contributed by atoms with van der Waals surface area (Å²) in [5.41, 5.74) is 6.21. The van der Waals surface area contributed by atoms with E-state index in [1.54, 1.807) is 6.07 Å². The third-order valence-corrected chi connectivity index (χ3v) is 9.52. The van der Waals surface area contributed by atoms with E-state index >= 15 is 0 Å². The van der Waals surface area contributed by atoms with E-state index in [2.05, 4.69) is 100 Å². The van der Waals surface area contributed by atoms with Crippen molar-refractivity contribution >= 4 is 16.8 Å². The summed E-state index contributed by atoms with van der Waals surface area (Å²) in [6, 6.07) is 32.7. The zero-order valence-electron chi connectivity index (χ0n) is 26.2. The number of hydrogen-bond donors (Lipinski definition) is 1. The maximum atomic E-state index is 10.6. The average molecular weight is 583 g/mol. The SMILES string of the molecule is Cc1cc(O)c2nc(Oc3cc(C4=N[C@H]5c6ccccc6C[C@@]5(C(C)(C)C)O4)cc(C(C)(C)c4ccccc4)c3)ccc2c1. The zero-order valence-corrected chi connectivity index (χ0v) is 26.2. The number of pyridine rings is 1. The number of aliphatic imine (C=N–C) groups is 1. The molecule has 5 heteroatoms. The molecular weight excluding hydrogens is 544 g/mol. The molecule has 2 atom stereocenters. The van der Waals surface area contributed by atoms with Crippen LogP contribution < -0.4 is 4.74 Å². The van der Waals surface area contributed by atoms with Crippen molar-refractivity contribution in [3.8, 4) is 17.4 Å². The average Bonchev–Trinajstić information content (AvgIpc) is 3.53. The standard InChI is InChI=1S/C39H38N2O3/c1-24-18-25-16-17-33(40-34(25)32(42)19-24)43-30-21-27(20-29(22-30)38(5,6)28-13-8-7-9-14-28)36-41-35-31-15-11-10-12-26(31)23-39(35,44-36)37(2,3)4/h7-22,35,42H,23H2,1-6H3/t35-,39+/m0/s1. The van der Waals surface area contributed by atoms with Crippen LogP contribution in [-0.4, -0.2) is 21.6 Å². The van der Waals surface area contributed by atoms with Gasteiger partial charge in [0.05, 0.1) is 0 Å². The molecule has 2 aliphatic rings. The lowest BCUT2D eigenvalue weighted by atomic mass is 9.72. The highest BCUT2D eigenvalue weighted by atomic mass is 16.5. The number of ether oxygens (including phenoxy) is 2. The molecule has 0 saturated carbocycles. The topological polar surface area (TPSA) is 63.9 Å². The molecule has 0 radical (unpaired) electrons. The Morgan fingerprint density at radius 1 is 0.841 bits per heavy atom. The highest BCUT2D eigenvalue weighted by Gasteiger charge is 2.59. The molecule has 1 N–H and O–H groups in total. The first-order chi connectivity index (χ1) is 20.9. The number of hydrogen-bond acceptors (Lipinski definition) is 5. The van der Waals surface area contributed by atoms with E-state index in [0.717, 1.165) is 28.5 Å². The lowest BCUT2D eigenvalue weighted by Crippen LogP contribution is -2.46. The van der Waals surface area contributed by atoms with Crippen molar-refractivity contribution in [1.82, 2.24) is 4.98 Å². The molecule has 0 fully saturated rings. The second-order valence-corrected chi connectivity index (χ2v) is 13.8. The van der Waals surface area contributed by atoms with E-state index in [9.17, 15) is 5.11 Å². The predicted octanol–water partition coefficient (Wildman–Crippen LogP) is 9.23. The molecule has 4 aromatic carbocycles. The van der Waals surface area contributed by atoms with Gasteiger partial charge >= 0.3 is 0 Å². The molecule has 1 aliphatic carbocycles. The van der Waals surface area contributed by atoms with E-state index in [1.807, 2.05) is 37.3 Å². The van der Waals surface area contributed by atoms with Gasteiger partial charge in [-0.2, -0.15) is 0 Å². The molecule has 0 spiro atoms. The normalized spacial score (nSPS) is 19.3. The van der Waals surface area contributed by atoms with Crippen molar-refractivity contribution in [1.29, 1.82) is 0 Å². The minimum Gasteiger partial charge on any atom is -0.506 e. The number of rotatable bonds is 5. The number of aromatic hydroxyl groups is 1. The van der Waals surface area contributed by atoms with Gasteiger partial charge in [-0.25, -0.2) is 9.98 Å². The summed E-state index contributed by atoms with van der Waals surface area (Å²) in [5, 5.41) is 11.5. The van der Waals surface area contributed by atoms with Gasteiger partial charge in [-0.15, -0.1) is 0 Å². The van der Waals surface area contributed by atoms with Crippen LogP contribution in [0, 0.1) is 12.3 Å². The second kappa shape index (κ2) is 9.95. The molecule has 0 bridgehead atoms. The van der Waals surface area contributed by atoms with Crippen LogP contribution in [0.5, 0.6) is 17.4 Å². The van der Waals surface area contributed by atoms with Crippen molar-refractivity contribution in [3.05, 3.63) is 130 Å². The minimum absolute atomic E-state index is 0.0857. The third kappa shape index (κ3) is 4.54. The lowest BCUT2D eigenvalue weighted by Gasteiger charge is -2.40. The summed E-state index contributed by atoms with van der Waals surface area (Å²) in [7, 11) is 0. The summed E-state index contributed by atoms with van der Waals surface area (Å²) >= 11 is 0. The van der Waals surface area contributed by atoms with Crippen LogP contribution in [0.4, 0.5) is 0 Å². The van der Waals surface area contributed by atoms with Crippen molar-refractivity contribution in [2.75, 3.05) is 0 Å². The molecule has 0 saturated heterocycles. The summed E-state index contributed by atoms with van der Waals surface area (Å²) in [6.07, 6.45) is 0.812. The van der Waals surface area contributed by atoms with Gasteiger partial charge in [-0.1, -0.05) is 89.2 Å². The molecule has 44 heavy (non-hydrogen) atoms. The first-order valence-corrected chi connectivity index (χ1v) is 15.3. The molecule has 0 amide bonds. The molecule has 7 rings (SSSR count). The fourth-order valence-electron chi connectivity index (χ4n) is 6.82. The maximum absolute atomic E-state index is 10.6. The molecule has 1 aliphatic heterocycles. The Balaban J connectivity index is 1.35.